The molecule has 0 spiro atoms. The van der Waals surface area contributed by atoms with Gasteiger partial charge in [0.1, 0.15) is 0 Å². The molecule has 0 bridgehead atoms. The molecular weight excluding hydrogens is 280 g/mol. The van der Waals surface area contributed by atoms with E-state index in [1.165, 1.54) is 0 Å². The predicted octanol–water partition coefficient (Wildman–Crippen LogP) is 3.99. The third-order valence-corrected chi connectivity index (χ3v) is 4.29. The highest BCUT2D eigenvalue weighted by atomic mass is 16.4. The number of hydrogen-bond acceptors (Lipinski definition) is 3. The fourth-order valence-electron chi connectivity index (χ4n) is 2.51. The second-order valence-corrected chi connectivity index (χ2v) is 8.63. The summed E-state index contributed by atoms with van der Waals surface area (Å²) in [6, 6.07) is 0. The summed E-state index contributed by atoms with van der Waals surface area (Å²) >= 11 is 0. The molecule has 0 saturated heterocycles. The summed E-state index contributed by atoms with van der Waals surface area (Å²) < 4.78 is 0. The molecule has 0 heterocycles. The molecule has 0 aliphatic carbocycles. The zero-order valence-electron chi connectivity index (χ0n) is 15.1. The van der Waals surface area contributed by atoms with E-state index in [0.717, 1.165) is 32.1 Å². The van der Waals surface area contributed by atoms with Crippen LogP contribution in [0, 0.1) is 10.8 Å². The molecule has 4 nitrogen and oxygen atoms in total. The van der Waals surface area contributed by atoms with E-state index < -0.39 is 11.6 Å². The van der Waals surface area contributed by atoms with Gasteiger partial charge in [0, 0.05) is 6.61 Å². The molecule has 0 saturated carbocycles. The zero-order valence-corrected chi connectivity index (χ0v) is 15.1. The Labute approximate surface area is 135 Å². The number of carboxylic acid groups (broad SMARTS) is 1. The van der Waals surface area contributed by atoms with E-state index in [4.69, 9.17) is 0 Å². The standard InChI is InChI=1S/C18H36O4/c1-16(2,3)10-6-8-12-18(22,15(20)21)13-9-7-11-17(4,5)14-19/h19,22H,6-14H2,1-5H3,(H,20,21). The van der Waals surface area contributed by atoms with Crippen LogP contribution in [-0.4, -0.2) is 33.5 Å². The second-order valence-electron chi connectivity index (χ2n) is 8.63. The summed E-state index contributed by atoms with van der Waals surface area (Å²) in [4.78, 5) is 11.4. The van der Waals surface area contributed by atoms with Gasteiger partial charge in [-0.05, 0) is 49.4 Å². The summed E-state index contributed by atoms with van der Waals surface area (Å²) in [5, 5.41) is 28.9. The van der Waals surface area contributed by atoms with E-state index >= 15 is 0 Å². The van der Waals surface area contributed by atoms with Gasteiger partial charge in [-0.2, -0.15) is 0 Å². The molecular formula is C18H36O4. The van der Waals surface area contributed by atoms with Crippen molar-refractivity contribution in [1.29, 1.82) is 0 Å². The fourth-order valence-corrected chi connectivity index (χ4v) is 2.51. The first-order valence-electron chi connectivity index (χ1n) is 8.49. The number of hydrogen-bond donors (Lipinski definition) is 3. The zero-order chi connectivity index (χ0) is 17.4. The fraction of sp³-hybridized carbons (Fsp3) is 0.944. The van der Waals surface area contributed by atoms with E-state index in [9.17, 15) is 20.1 Å². The summed E-state index contributed by atoms with van der Waals surface area (Å²) in [5.74, 6) is -1.11. The van der Waals surface area contributed by atoms with Gasteiger partial charge in [0.15, 0.2) is 5.60 Å². The van der Waals surface area contributed by atoms with E-state index in [0.29, 0.717) is 19.3 Å². The van der Waals surface area contributed by atoms with Crippen molar-refractivity contribution in [2.45, 2.75) is 91.6 Å². The number of unbranched alkanes of at least 4 members (excludes halogenated alkanes) is 2. The Balaban J connectivity index is 4.19. The molecule has 0 aromatic carbocycles. The van der Waals surface area contributed by atoms with Crippen molar-refractivity contribution in [1.82, 2.24) is 0 Å². The molecule has 4 heteroatoms. The van der Waals surface area contributed by atoms with E-state index in [2.05, 4.69) is 20.8 Å². The molecule has 0 aromatic heterocycles. The first kappa shape index (κ1) is 21.4. The number of aliphatic hydroxyl groups is 2. The lowest BCUT2D eigenvalue weighted by molar-refractivity contribution is -0.160. The number of carbonyl (C=O) groups is 1. The van der Waals surface area contributed by atoms with Crippen molar-refractivity contribution in [2.75, 3.05) is 6.61 Å². The van der Waals surface area contributed by atoms with Gasteiger partial charge in [-0.1, -0.05) is 47.5 Å². The van der Waals surface area contributed by atoms with Crippen molar-refractivity contribution in [3.05, 3.63) is 0 Å². The van der Waals surface area contributed by atoms with Gasteiger partial charge >= 0.3 is 5.97 Å². The van der Waals surface area contributed by atoms with Gasteiger partial charge in [-0.3, -0.25) is 0 Å². The van der Waals surface area contributed by atoms with Crippen molar-refractivity contribution in [2.24, 2.45) is 10.8 Å². The van der Waals surface area contributed by atoms with Crippen molar-refractivity contribution < 1.29 is 20.1 Å². The van der Waals surface area contributed by atoms with Crippen molar-refractivity contribution in [3.8, 4) is 0 Å². The normalized spacial score (nSPS) is 15.6. The van der Waals surface area contributed by atoms with E-state index in [1.54, 1.807) is 0 Å². The van der Waals surface area contributed by atoms with Crippen LogP contribution in [0.2, 0.25) is 0 Å². The van der Waals surface area contributed by atoms with Crippen LogP contribution in [0.3, 0.4) is 0 Å². The molecule has 0 aliphatic rings. The van der Waals surface area contributed by atoms with Gasteiger partial charge in [0.2, 0.25) is 0 Å². The highest BCUT2D eigenvalue weighted by Gasteiger charge is 2.34. The molecule has 132 valence electrons. The van der Waals surface area contributed by atoms with Crippen LogP contribution in [0.4, 0.5) is 0 Å². The average molecular weight is 316 g/mol. The topological polar surface area (TPSA) is 77.8 Å². The van der Waals surface area contributed by atoms with Crippen LogP contribution >= 0.6 is 0 Å². The maximum absolute atomic E-state index is 11.4. The number of carboxylic acids is 1. The van der Waals surface area contributed by atoms with Crippen LogP contribution in [0.15, 0.2) is 0 Å². The predicted molar refractivity (Wildman–Crippen MR) is 89.8 cm³/mol. The van der Waals surface area contributed by atoms with Gasteiger partial charge < -0.3 is 15.3 Å². The lowest BCUT2D eigenvalue weighted by atomic mass is 9.84. The third-order valence-electron chi connectivity index (χ3n) is 4.29. The molecule has 3 N–H and O–H groups in total. The Morgan fingerprint density at radius 3 is 1.59 bits per heavy atom. The van der Waals surface area contributed by atoms with E-state index in [1.807, 2.05) is 13.8 Å². The van der Waals surface area contributed by atoms with Crippen LogP contribution in [0.5, 0.6) is 0 Å². The molecule has 1 unspecified atom stereocenters. The number of aliphatic hydroxyl groups excluding tert-OH is 1. The molecule has 0 rings (SSSR count). The molecule has 0 radical (unpaired) electrons. The first-order chi connectivity index (χ1) is 9.92. The van der Waals surface area contributed by atoms with Crippen molar-refractivity contribution in [3.63, 3.8) is 0 Å². The molecule has 0 fully saturated rings. The number of rotatable bonds is 11. The highest BCUT2D eigenvalue weighted by molar-refractivity contribution is 5.76. The van der Waals surface area contributed by atoms with Gasteiger partial charge in [0.25, 0.3) is 0 Å². The van der Waals surface area contributed by atoms with E-state index in [-0.39, 0.29) is 17.4 Å². The summed E-state index contributed by atoms with van der Waals surface area (Å²) in [6.07, 6.45) is 5.66. The lowest BCUT2D eigenvalue weighted by Gasteiger charge is -2.26. The molecule has 1 atom stereocenters. The molecule has 0 amide bonds. The Kier molecular flexibility index (Phi) is 8.63. The Morgan fingerprint density at radius 1 is 0.818 bits per heavy atom. The molecule has 22 heavy (non-hydrogen) atoms. The summed E-state index contributed by atoms with van der Waals surface area (Å²) in [5.41, 5.74) is -1.48. The molecule has 0 aromatic rings. The molecule has 0 aliphatic heterocycles. The Hall–Kier alpha value is -0.610. The highest BCUT2D eigenvalue weighted by Crippen LogP contribution is 2.28. The van der Waals surface area contributed by atoms with Gasteiger partial charge in [-0.15, -0.1) is 0 Å². The van der Waals surface area contributed by atoms with Crippen molar-refractivity contribution >= 4 is 5.97 Å². The van der Waals surface area contributed by atoms with Gasteiger partial charge in [-0.25, -0.2) is 4.79 Å². The lowest BCUT2D eigenvalue weighted by Crippen LogP contribution is -2.38. The Bertz CT molecular complexity index is 330. The second kappa shape index (κ2) is 8.88. The maximum atomic E-state index is 11.4. The monoisotopic (exact) mass is 316 g/mol. The average Bonchev–Trinajstić information content (AvgIpc) is 2.39. The third kappa shape index (κ3) is 9.42. The minimum Gasteiger partial charge on any atom is -0.479 e. The maximum Gasteiger partial charge on any atom is 0.335 e. The summed E-state index contributed by atoms with van der Waals surface area (Å²) in [6.45, 7) is 10.6. The quantitative estimate of drug-likeness (QED) is 0.504. The number of aliphatic carboxylic acids is 1. The largest absolute Gasteiger partial charge is 0.479 e. The smallest absolute Gasteiger partial charge is 0.335 e. The first-order valence-corrected chi connectivity index (χ1v) is 8.49. The minimum absolute atomic E-state index is 0.128. The van der Waals surface area contributed by atoms with Crippen LogP contribution in [0.25, 0.3) is 0 Å². The SMILES string of the molecule is CC(C)(C)CCCCC(O)(CCCCC(C)(C)CO)C(=O)O. The minimum atomic E-state index is -1.60. The van der Waals surface area contributed by atoms with Crippen LogP contribution in [-0.2, 0) is 4.79 Å². The summed E-state index contributed by atoms with van der Waals surface area (Å²) in [7, 11) is 0. The van der Waals surface area contributed by atoms with Crippen LogP contribution in [0.1, 0.15) is 86.0 Å². The Morgan fingerprint density at radius 2 is 1.23 bits per heavy atom. The van der Waals surface area contributed by atoms with Crippen LogP contribution < -0.4 is 0 Å². The van der Waals surface area contributed by atoms with Gasteiger partial charge in [0.05, 0.1) is 0 Å².